The molecule has 0 aliphatic rings. The number of hydrogen-bond acceptors (Lipinski definition) is 3. The maximum Gasteiger partial charge on any atom is 0.411 e. The summed E-state index contributed by atoms with van der Waals surface area (Å²) in [5.74, 6) is -2.14. The number of carbonyl (C=O) groups is 2. The summed E-state index contributed by atoms with van der Waals surface area (Å²) in [5, 5.41) is 9.75. The van der Waals surface area contributed by atoms with Crippen molar-refractivity contribution in [2.24, 2.45) is 0 Å². The highest BCUT2D eigenvalue weighted by Crippen LogP contribution is 2.27. The van der Waals surface area contributed by atoms with Crippen molar-refractivity contribution >= 4 is 23.7 Å². The van der Waals surface area contributed by atoms with Crippen molar-refractivity contribution in [3.05, 3.63) is 70.5 Å². The average Bonchev–Trinajstić information content (AvgIpc) is 2.61. The van der Waals surface area contributed by atoms with Crippen LogP contribution >= 0.6 is 11.6 Å². The monoisotopic (exact) mass is 379 g/mol. The highest BCUT2D eigenvalue weighted by Gasteiger charge is 2.33. The van der Waals surface area contributed by atoms with Gasteiger partial charge in [-0.1, -0.05) is 54.9 Å². The van der Waals surface area contributed by atoms with Crippen LogP contribution in [-0.2, 0) is 16.1 Å². The first kappa shape index (κ1) is 19.7. The third kappa shape index (κ3) is 4.95. The maximum absolute atomic E-state index is 14.2. The number of hydrogen-bond donors (Lipinski definition) is 1. The summed E-state index contributed by atoms with van der Waals surface area (Å²) in [5.41, 5.74) is 0.619. The summed E-state index contributed by atoms with van der Waals surface area (Å²) in [6.07, 6.45) is -0.336. The number of rotatable bonds is 7. The molecule has 1 atom stereocenters. The van der Waals surface area contributed by atoms with Gasteiger partial charge in [-0.05, 0) is 24.1 Å². The Hall–Kier alpha value is -2.60. The first-order chi connectivity index (χ1) is 12.4. The van der Waals surface area contributed by atoms with E-state index in [9.17, 15) is 19.1 Å². The van der Waals surface area contributed by atoms with Gasteiger partial charge in [-0.15, -0.1) is 0 Å². The van der Waals surface area contributed by atoms with Gasteiger partial charge in [-0.25, -0.2) is 14.0 Å². The van der Waals surface area contributed by atoms with E-state index in [-0.39, 0.29) is 23.7 Å². The quantitative estimate of drug-likeness (QED) is 0.760. The van der Waals surface area contributed by atoms with Gasteiger partial charge in [0, 0.05) is 17.1 Å². The molecule has 2 aromatic rings. The molecule has 0 bridgehead atoms. The molecule has 7 heteroatoms. The number of nitrogens with zero attached hydrogens (tertiary/aromatic N) is 1. The molecule has 0 aliphatic carbocycles. The molecule has 2 aromatic carbocycles. The molecule has 5 nitrogen and oxygen atoms in total. The van der Waals surface area contributed by atoms with Gasteiger partial charge in [-0.3, -0.25) is 4.90 Å². The number of carbonyl (C=O) groups excluding carboxylic acids is 1. The molecule has 138 valence electrons. The lowest BCUT2D eigenvalue weighted by atomic mass is 10.0. The molecule has 2 rings (SSSR count). The van der Waals surface area contributed by atoms with Gasteiger partial charge in [0.15, 0.2) is 6.04 Å². The van der Waals surface area contributed by atoms with E-state index in [4.69, 9.17) is 16.3 Å². The van der Waals surface area contributed by atoms with Crippen LogP contribution in [0.1, 0.15) is 30.5 Å². The summed E-state index contributed by atoms with van der Waals surface area (Å²) in [7, 11) is 0. The van der Waals surface area contributed by atoms with Crippen molar-refractivity contribution in [2.75, 3.05) is 6.54 Å². The number of benzene rings is 2. The summed E-state index contributed by atoms with van der Waals surface area (Å²) < 4.78 is 19.5. The number of carboxylic acids is 1. The van der Waals surface area contributed by atoms with Gasteiger partial charge in [0.25, 0.3) is 0 Å². The van der Waals surface area contributed by atoms with Crippen LogP contribution in [0.15, 0.2) is 48.5 Å². The number of ether oxygens (including phenoxy) is 1. The predicted octanol–water partition coefficient (Wildman–Crippen LogP) is 4.65. The molecule has 1 N–H and O–H groups in total. The fourth-order valence-corrected chi connectivity index (χ4v) is 2.69. The Labute approximate surface area is 156 Å². The van der Waals surface area contributed by atoms with Crippen LogP contribution in [0.5, 0.6) is 0 Å². The van der Waals surface area contributed by atoms with E-state index in [1.165, 1.54) is 12.1 Å². The van der Waals surface area contributed by atoms with E-state index in [0.29, 0.717) is 6.42 Å². The van der Waals surface area contributed by atoms with E-state index in [0.717, 1.165) is 16.5 Å². The standard InChI is InChI=1S/C19H19ClFNO4/c1-2-10-22(19(25)26-12-13-6-4-3-5-7-13)17(18(23)24)15-9-8-14(20)11-16(15)21/h3-9,11,17H,2,10,12H2,1H3,(H,23,24). The Morgan fingerprint density at radius 2 is 1.92 bits per heavy atom. The fraction of sp³-hybridized carbons (Fsp3) is 0.263. The van der Waals surface area contributed by atoms with Crippen molar-refractivity contribution in [2.45, 2.75) is 26.0 Å². The van der Waals surface area contributed by atoms with E-state index in [1.807, 2.05) is 6.07 Å². The van der Waals surface area contributed by atoms with Crippen LogP contribution in [0.25, 0.3) is 0 Å². The number of halogens is 2. The Morgan fingerprint density at radius 3 is 2.50 bits per heavy atom. The van der Waals surface area contributed by atoms with Crippen molar-refractivity contribution in [3.63, 3.8) is 0 Å². The van der Waals surface area contributed by atoms with Gasteiger partial charge >= 0.3 is 12.1 Å². The van der Waals surface area contributed by atoms with Gasteiger partial charge in [0.2, 0.25) is 0 Å². The van der Waals surface area contributed by atoms with Crippen molar-refractivity contribution < 1.29 is 23.8 Å². The molecule has 1 unspecified atom stereocenters. The Morgan fingerprint density at radius 1 is 1.23 bits per heavy atom. The summed E-state index contributed by atoms with van der Waals surface area (Å²) >= 11 is 5.73. The first-order valence-corrected chi connectivity index (χ1v) is 8.47. The molecular weight excluding hydrogens is 361 g/mol. The normalized spacial score (nSPS) is 11.7. The van der Waals surface area contributed by atoms with Crippen LogP contribution in [0, 0.1) is 5.82 Å². The summed E-state index contributed by atoms with van der Waals surface area (Å²) in [6, 6.07) is 11.2. The van der Waals surface area contributed by atoms with Gasteiger partial charge in [0.1, 0.15) is 12.4 Å². The van der Waals surface area contributed by atoms with Crippen molar-refractivity contribution in [1.29, 1.82) is 0 Å². The lowest BCUT2D eigenvalue weighted by Crippen LogP contribution is -2.40. The van der Waals surface area contributed by atoms with E-state index < -0.39 is 23.9 Å². The zero-order chi connectivity index (χ0) is 19.1. The molecule has 0 spiro atoms. The molecule has 26 heavy (non-hydrogen) atoms. The highest BCUT2D eigenvalue weighted by atomic mass is 35.5. The second-order valence-corrected chi connectivity index (χ2v) is 6.08. The molecule has 0 aliphatic heterocycles. The molecule has 0 fully saturated rings. The lowest BCUT2D eigenvalue weighted by molar-refractivity contribution is -0.143. The molecule has 0 saturated carbocycles. The zero-order valence-electron chi connectivity index (χ0n) is 14.2. The average molecular weight is 380 g/mol. The fourth-order valence-electron chi connectivity index (χ4n) is 2.53. The number of amides is 1. The number of carboxylic acid groups (broad SMARTS) is 1. The third-order valence-electron chi connectivity index (χ3n) is 3.71. The Kier molecular flexibility index (Phi) is 6.97. The number of aliphatic carboxylic acids is 1. The van der Waals surface area contributed by atoms with Crippen molar-refractivity contribution in [3.8, 4) is 0 Å². The molecule has 0 radical (unpaired) electrons. The maximum atomic E-state index is 14.2. The van der Waals surface area contributed by atoms with Gasteiger partial charge in [-0.2, -0.15) is 0 Å². The van der Waals surface area contributed by atoms with E-state index >= 15 is 0 Å². The zero-order valence-corrected chi connectivity index (χ0v) is 14.9. The smallest absolute Gasteiger partial charge is 0.411 e. The topological polar surface area (TPSA) is 66.8 Å². The summed E-state index contributed by atoms with van der Waals surface area (Å²) in [6.45, 7) is 1.89. The van der Waals surface area contributed by atoms with Crippen molar-refractivity contribution in [1.82, 2.24) is 4.90 Å². The van der Waals surface area contributed by atoms with Crippen LogP contribution in [0.3, 0.4) is 0 Å². The second-order valence-electron chi connectivity index (χ2n) is 5.64. The SMILES string of the molecule is CCCN(C(=O)OCc1ccccc1)C(C(=O)O)c1ccc(Cl)cc1F. The van der Waals surface area contributed by atoms with E-state index in [1.54, 1.807) is 31.2 Å². The molecule has 0 aromatic heterocycles. The van der Waals surface area contributed by atoms with Crippen LogP contribution in [0.2, 0.25) is 5.02 Å². The predicted molar refractivity (Wildman–Crippen MR) is 95.4 cm³/mol. The molecular formula is C19H19ClFNO4. The van der Waals surface area contributed by atoms with E-state index in [2.05, 4.69) is 0 Å². The highest BCUT2D eigenvalue weighted by molar-refractivity contribution is 6.30. The minimum atomic E-state index is -1.50. The van der Waals surface area contributed by atoms with Crippen LogP contribution < -0.4 is 0 Å². The summed E-state index contributed by atoms with van der Waals surface area (Å²) in [4.78, 5) is 25.3. The lowest BCUT2D eigenvalue weighted by Gasteiger charge is -2.28. The van der Waals surface area contributed by atoms with Gasteiger partial charge < -0.3 is 9.84 Å². The second kappa shape index (κ2) is 9.20. The Balaban J connectivity index is 2.25. The minimum Gasteiger partial charge on any atom is -0.479 e. The van der Waals surface area contributed by atoms with Gasteiger partial charge in [0.05, 0.1) is 0 Å². The Bertz CT molecular complexity index is 769. The molecule has 1 amide bonds. The largest absolute Gasteiger partial charge is 0.479 e. The first-order valence-electron chi connectivity index (χ1n) is 8.09. The van der Waals surface area contributed by atoms with Crippen LogP contribution in [-0.4, -0.2) is 28.6 Å². The third-order valence-corrected chi connectivity index (χ3v) is 3.94. The van der Waals surface area contributed by atoms with Crippen LogP contribution in [0.4, 0.5) is 9.18 Å². The molecule has 0 heterocycles. The minimum absolute atomic E-state index is 0.00464. The molecule has 0 saturated heterocycles.